The van der Waals surface area contributed by atoms with Crippen LogP contribution in [-0.4, -0.2) is 37.3 Å². The normalized spacial score (nSPS) is 10.3. The summed E-state index contributed by atoms with van der Waals surface area (Å²) < 4.78 is 9.62. The number of nitrogens with one attached hydrogen (secondary N) is 1. The number of ether oxygens (including phenoxy) is 2. The van der Waals surface area contributed by atoms with E-state index in [2.05, 4.69) is 10.1 Å². The zero-order valence-electron chi connectivity index (χ0n) is 16.6. The van der Waals surface area contributed by atoms with Gasteiger partial charge in [0, 0.05) is 17.7 Å². The van der Waals surface area contributed by atoms with Gasteiger partial charge in [0.05, 0.1) is 18.2 Å². The minimum absolute atomic E-state index is 0.0915. The molecule has 152 valence electrons. The molecule has 0 aromatic heterocycles. The summed E-state index contributed by atoms with van der Waals surface area (Å²) >= 11 is 0. The van der Waals surface area contributed by atoms with Crippen LogP contribution < -0.4 is 5.32 Å². The fourth-order valence-corrected chi connectivity index (χ4v) is 2.48. The second-order valence-electron chi connectivity index (χ2n) is 6.79. The SMILES string of the molecule is COC(=O)c1ccc(C(=O)OCC(=O)c2ccc(NC(=O)CC(C)C)cc2)cc1. The lowest BCUT2D eigenvalue weighted by Crippen LogP contribution is -2.15. The quantitative estimate of drug-likeness (QED) is 0.541. The van der Waals surface area contributed by atoms with E-state index in [1.807, 2.05) is 13.8 Å². The monoisotopic (exact) mass is 397 g/mol. The Kier molecular flexibility index (Phi) is 7.65. The summed E-state index contributed by atoms with van der Waals surface area (Å²) in [7, 11) is 1.27. The number of carbonyl (C=O) groups excluding carboxylic acids is 4. The molecule has 7 heteroatoms. The standard InChI is InChI=1S/C22H23NO6/c1-14(2)12-20(25)23-18-10-8-15(9-11-18)19(24)13-29-22(27)17-6-4-16(5-7-17)21(26)28-3/h4-11,14H,12-13H2,1-3H3,(H,23,25). The minimum Gasteiger partial charge on any atom is -0.465 e. The first-order valence-electron chi connectivity index (χ1n) is 9.08. The van der Waals surface area contributed by atoms with Crippen LogP contribution in [0, 0.1) is 5.92 Å². The molecule has 2 rings (SSSR count). The highest BCUT2D eigenvalue weighted by molar-refractivity contribution is 6.00. The van der Waals surface area contributed by atoms with Crippen molar-refractivity contribution in [2.24, 2.45) is 5.92 Å². The fraction of sp³-hybridized carbons (Fsp3) is 0.273. The zero-order chi connectivity index (χ0) is 21.4. The van der Waals surface area contributed by atoms with Crippen molar-refractivity contribution in [1.29, 1.82) is 0 Å². The molecule has 0 bridgehead atoms. The van der Waals surface area contributed by atoms with Crippen LogP contribution in [0.25, 0.3) is 0 Å². The van der Waals surface area contributed by atoms with Gasteiger partial charge in [0.2, 0.25) is 5.91 Å². The van der Waals surface area contributed by atoms with Crippen molar-refractivity contribution in [3.8, 4) is 0 Å². The number of anilines is 1. The maximum Gasteiger partial charge on any atom is 0.338 e. The van der Waals surface area contributed by atoms with Gasteiger partial charge in [-0.1, -0.05) is 13.8 Å². The summed E-state index contributed by atoms with van der Waals surface area (Å²) in [6.07, 6.45) is 0.414. The number of Topliss-reactive ketones (excluding diaryl/α,β-unsaturated/α-hetero) is 1. The molecule has 0 aliphatic rings. The number of ketones is 1. The molecule has 2 aromatic rings. The molecule has 29 heavy (non-hydrogen) atoms. The molecule has 0 spiro atoms. The highest BCUT2D eigenvalue weighted by atomic mass is 16.5. The van der Waals surface area contributed by atoms with Crippen LogP contribution in [0.15, 0.2) is 48.5 Å². The first kappa shape index (κ1) is 21.8. The molecule has 2 aromatic carbocycles. The Balaban J connectivity index is 1.89. The molecule has 0 fully saturated rings. The average Bonchev–Trinajstić information content (AvgIpc) is 2.71. The van der Waals surface area contributed by atoms with Crippen molar-refractivity contribution < 1.29 is 28.7 Å². The molecule has 0 radical (unpaired) electrons. The molecule has 0 atom stereocenters. The fourth-order valence-electron chi connectivity index (χ4n) is 2.48. The van der Waals surface area contributed by atoms with E-state index >= 15 is 0 Å². The van der Waals surface area contributed by atoms with Crippen molar-refractivity contribution in [1.82, 2.24) is 0 Å². The maximum atomic E-state index is 12.2. The summed E-state index contributed by atoms with van der Waals surface area (Å²) in [6.45, 7) is 3.49. The van der Waals surface area contributed by atoms with Crippen LogP contribution in [-0.2, 0) is 14.3 Å². The summed E-state index contributed by atoms with van der Waals surface area (Å²) in [4.78, 5) is 47.4. The second kappa shape index (κ2) is 10.2. The number of methoxy groups -OCH3 is 1. The van der Waals surface area contributed by atoms with Gasteiger partial charge in [-0.25, -0.2) is 9.59 Å². The highest BCUT2D eigenvalue weighted by Crippen LogP contribution is 2.13. The molecule has 0 heterocycles. The van der Waals surface area contributed by atoms with Gasteiger partial charge in [0.1, 0.15) is 0 Å². The van der Waals surface area contributed by atoms with E-state index in [4.69, 9.17) is 4.74 Å². The van der Waals surface area contributed by atoms with E-state index in [0.29, 0.717) is 23.2 Å². The average molecular weight is 397 g/mol. The van der Waals surface area contributed by atoms with Gasteiger partial charge in [-0.05, 0) is 54.4 Å². The molecular weight excluding hydrogens is 374 g/mol. The molecule has 0 unspecified atom stereocenters. The predicted molar refractivity (Wildman–Crippen MR) is 107 cm³/mol. The number of carbonyl (C=O) groups is 4. The number of hydrogen-bond donors (Lipinski definition) is 1. The van der Waals surface area contributed by atoms with Gasteiger partial charge in [0.25, 0.3) is 0 Å². The minimum atomic E-state index is -0.674. The van der Waals surface area contributed by atoms with Crippen LogP contribution in [0.5, 0.6) is 0 Å². The molecule has 0 aliphatic heterocycles. The van der Waals surface area contributed by atoms with E-state index in [1.54, 1.807) is 24.3 Å². The topological polar surface area (TPSA) is 98.8 Å². The highest BCUT2D eigenvalue weighted by Gasteiger charge is 2.13. The van der Waals surface area contributed by atoms with E-state index in [0.717, 1.165) is 0 Å². The van der Waals surface area contributed by atoms with Gasteiger partial charge in [0.15, 0.2) is 12.4 Å². The molecule has 1 N–H and O–H groups in total. The summed E-state index contributed by atoms with van der Waals surface area (Å²) in [5.74, 6) is -1.39. The van der Waals surface area contributed by atoms with Gasteiger partial charge in [-0.3, -0.25) is 9.59 Å². The third-order valence-corrected chi connectivity index (χ3v) is 3.96. The number of benzene rings is 2. The van der Waals surface area contributed by atoms with Crippen LogP contribution in [0.3, 0.4) is 0 Å². The largest absolute Gasteiger partial charge is 0.465 e. The lowest BCUT2D eigenvalue weighted by atomic mass is 10.1. The Morgan fingerprint density at radius 3 is 1.86 bits per heavy atom. The smallest absolute Gasteiger partial charge is 0.338 e. The second-order valence-corrected chi connectivity index (χ2v) is 6.79. The van der Waals surface area contributed by atoms with Crippen molar-refractivity contribution in [3.05, 3.63) is 65.2 Å². The van der Waals surface area contributed by atoms with Crippen molar-refractivity contribution in [2.75, 3.05) is 19.0 Å². The first-order chi connectivity index (χ1) is 13.8. The zero-order valence-corrected chi connectivity index (χ0v) is 16.6. The molecule has 0 aliphatic carbocycles. The van der Waals surface area contributed by atoms with E-state index in [-0.39, 0.29) is 23.2 Å². The number of rotatable bonds is 8. The lowest BCUT2D eigenvalue weighted by Gasteiger charge is -2.08. The summed E-state index contributed by atoms with van der Waals surface area (Å²) in [5, 5.41) is 2.76. The third-order valence-electron chi connectivity index (χ3n) is 3.96. The first-order valence-corrected chi connectivity index (χ1v) is 9.08. The van der Waals surface area contributed by atoms with Gasteiger partial charge in [-0.15, -0.1) is 0 Å². The lowest BCUT2D eigenvalue weighted by molar-refractivity contribution is -0.116. The number of esters is 2. The molecular formula is C22H23NO6. The Labute approximate surface area is 169 Å². The summed E-state index contributed by atoms with van der Waals surface area (Å²) in [6, 6.07) is 12.1. The Morgan fingerprint density at radius 2 is 1.34 bits per heavy atom. The van der Waals surface area contributed by atoms with Crippen molar-refractivity contribution >= 4 is 29.3 Å². The van der Waals surface area contributed by atoms with Crippen molar-refractivity contribution in [3.63, 3.8) is 0 Å². The summed E-state index contributed by atoms with van der Waals surface area (Å²) in [5.41, 5.74) is 1.48. The third kappa shape index (κ3) is 6.57. The van der Waals surface area contributed by atoms with Crippen LogP contribution >= 0.6 is 0 Å². The molecule has 1 amide bonds. The Hall–Kier alpha value is -3.48. The van der Waals surface area contributed by atoms with Crippen LogP contribution in [0.4, 0.5) is 5.69 Å². The van der Waals surface area contributed by atoms with Gasteiger partial charge >= 0.3 is 11.9 Å². The predicted octanol–water partition coefficient (Wildman–Crippen LogP) is 3.50. The van der Waals surface area contributed by atoms with E-state index in [9.17, 15) is 19.2 Å². The van der Waals surface area contributed by atoms with E-state index < -0.39 is 18.5 Å². The number of hydrogen-bond acceptors (Lipinski definition) is 6. The van der Waals surface area contributed by atoms with Crippen LogP contribution in [0.1, 0.15) is 51.3 Å². The van der Waals surface area contributed by atoms with Crippen LogP contribution in [0.2, 0.25) is 0 Å². The molecule has 0 saturated carbocycles. The van der Waals surface area contributed by atoms with E-state index in [1.165, 1.54) is 31.4 Å². The Morgan fingerprint density at radius 1 is 0.828 bits per heavy atom. The Bertz CT molecular complexity index is 885. The van der Waals surface area contributed by atoms with Gasteiger partial charge in [-0.2, -0.15) is 0 Å². The molecule has 0 saturated heterocycles. The maximum absolute atomic E-state index is 12.2. The van der Waals surface area contributed by atoms with Crippen molar-refractivity contribution in [2.45, 2.75) is 20.3 Å². The number of amides is 1. The van der Waals surface area contributed by atoms with Gasteiger partial charge < -0.3 is 14.8 Å². The molecule has 7 nitrogen and oxygen atoms in total.